The van der Waals surface area contributed by atoms with E-state index in [1.54, 1.807) is 12.3 Å². The minimum atomic E-state index is 0.0181. The van der Waals surface area contributed by atoms with Crippen LogP contribution in [0, 0.1) is 5.41 Å². The summed E-state index contributed by atoms with van der Waals surface area (Å²) in [6, 6.07) is 7.79. The third-order valence-electron chi connectivity index (χ3n) is 6.16. The van der Waals surface area contributed by atoms with Gasteiger partial charge in [0, 0.05) is 35.2 Å². The highest BCUT2D eigenvalue weighted by atomic mass is 35.5. The van der Waals surface area contributed by atoms with Crippen molar-refractivity contribution in [3.8, 4) is 0 Å². The summed E-state index contributed by atoms with van der Waals surface area (Å²) < 4.78 is 0. The molecule has 1 aromatic carbocycles. The van der Waals surface area contributed by atoms with Gasteiger partial charge < -0.3 is 27.8 Å². The molecule has 0 bridgehead atoms. The molecule has 2 aromatic rings. The second kappa shape index (κ2) is 8.78. The zero-order chi connectivity index (χ0) is 22.2. The average Bonchev–Trinajstić information content (AvgIpc) is 3.00. The predicted octanol–water partition coefficient (Wildman–Crippen LogP) is 3.47. The normalized spacial score (nSPS) is 20.9. The molecule has 0 amide bonds. The molecule has 0 radical (unpaired) electrons. The standard InChI is InChI=1S/C21H25Cl2N7S/c22-13-1-2-14-12(9-13)10-21(18(14)25)4-7-30(8-5-21)20(27)29-11-16(24)31-15-3-6-28-19(26)17(15)23/h1-3,6,9,11,18H,4-5,7-8,10,24-25H2,(H2,26,28)(H2,27,29)/b16-11+. The van der Waals surface area contributed by atoms with Crippen LogP contribution in [0.3, 0.4) is 0 Å². The Labute approximate surface area is 195 Å². The second-order valence-corrected chi connectivity index (χ2v) is 9.91. The molecule has 1 unspecified atom stereocenters. The number of aliphatic imine (C=N–C) groups is 1. The van der Waals surface area contributed by atoms with Crippen LogP contribution in [-0.4, -0.2) is 28.9 Å². The van der Waals surface area contributed by atoms with Gasteiger partial charge in [-0.2, -0.15) is 0 Å². The van der Waals surface area contributed by atoms with Gasteiger partial charge in [0.25, 0.3) is 0 Å². The van der Waals surface area contributed by atoms with E-state index >= 15 is 0 Å². The zero-order valence-electron chi connectivity index (χ0n) is 16.9. The van der Waals surface area contributed by atoms with Gasteiger partial charge in [-0.25, -0.2) is 9.98 Å². The summed E-state index contributed by atoms with van der Waals surface area (Å²) >= 11 is 13.6. The first kappa shape index (κ1) is 22.1. The van der Waals surface area contributed by atoms with Gasteiger partial charge in [0.1, 0.15) is 5.82 Å². The van der Waals surface area contributed by atoms with Crippen LogP contribution >= 0.6 is 35.0 Å². The van der Waals surface area contributed by atoms with Crippen molar-refractivity contribution in [2.45, 2.75) is 30.2 Å². The maximum atomic E-state index is 6.65. The van der Waals surface area contributed by atoms with Crippen molar-refractivity contribution < 1.29 is 0 Å². The molecular formula is C21H25Cl2N7S. The smallest absolute Gasteiger partial charge is 0.195 e. The number of pyridine rings is 1. The Kier molecular flexibility index (Phi) is 6.25. The minimum Gasteiger partial charge on any atom is -0.392 e. The van der Waals surface area contributed by atoms with E-state index in [0.717, 1.165) is 37.4 Å². The van der Waals surface area contributed by atoms with E-state index in [1.165, 1.54) is 29.1 Å². The number of hydrogen-bond acceptors (Lipinski definition) is 6. The van der Waals surface area contributed by atoms with E-state index in [1.807, 2.05) is 12.1 Å². The summed E-state index contributed by atoms with van der Waals surface area (Å²) in [5.41, 5.74) is 27.2. The third-order valence-corrected chi connectivity index (χ3v) is 7.80. The molecule has 1 aliphatic carbocycles. The first-order chi connectivity index (χ1) is 14.8. The summed E-state index contributed by atoms with van der Waals surface area (Å²) in [5.74, 6) is 0.699. The fourth-order valence-corrected chi connectivity index (χ4v) is 5.51. The quantitative estimate of drug-likeness (QED) is 0.302. The number of fused-ring (bicyclic) bond motifs is 1. The number of halogens is 2. The van der Waals surface area contributed by atoms with Crippen molar-refractivity contribution in [1.29, 1.82) is 0 Å². The molecule has 1 fully saturated rings. The number of nitrogens with two attached hydrogens (primary N) is 4. The van der Waals surface area contributed by atoms with Gasteiger partial charge in [0.15, 0.2) is 5.96 Å². The number of nitrogens with zero attached hydrogens (tertiary/aromatic N) is 3. The van der Waals surface area contributed by atoms with Gasteiger partial charge in [-0.05, 0) is 54.0 Å². The Bertz CT molecular complexity index is 1050. The van der Waals surface area contributed by atoms with Crippen molar-refractivity contribution in [2.75, 3.05) is 18.8 Å². The van der Waals surface area contributed by atoms with Gasteiger partial charge >= 0.3 is 0 Å². The monoisotopic (exact) mass is 477 g/mol. The van der Waals surface area contributed by atoms with Crippen molar-refractivity contribution in [1.82, 2.24) is 9.88 Å². The topological polar surface area (TPSA) is 133 Å². The minimum absolute atomic E-state index is 0.0181. The number of nitrogen functional groups attached to an aromatic ring is 1. The molecular weight excluding hydrogens is 453 g/mol. The molecule has 1 aromatic heterocycles. The summed E-state index contributed by atoms with van der Waals surface area (Å²) in [6.45, 7) is 1.58. The van der Waals surface area contributed by atoms with Crippen LogP contribution in [0.25, 0.3) is 0 Å². The number of thioether (sulfide) groups is 1. The van der Waals surface area contributed by atoms with Crippen LogP contribution in [-0.2, 0) is 6.42 Å². The van der Waals surface area contributed by atoms with Gasteiger partial charge in [-0.15, -0.1) is 0 Å². The Balaban J connectivity index is 1.39. The number of benzene rings is 1. The lowest BCUT2D eigenvalue weighted by molar-refractivity contribution is 0.127. The molecule has 0 saturated carbocycles. The molecule has 164 valence electrons. The van der Waals surface area contributed by atoms with E-state index < -0.39 is 0 Å². The number of rotatable bonds is 3. The molecule has 31 heavy (non-hydrogen) atoms. The number of guanidine groups is 1. The largest absolute Gasteiger partial charge is 0.392 e. The lowest BCUT2D eigenvalue weighted by Gasteiger charge is -2.42. The lowest BCUT2D eigenvalue weighted by Crippen LogP contribution is -2.48. The number of hydrogen-bond donors (Lipinski definition) is 4. The van der Waals surface area contributed by atoms with Crippen LogP contribution in [0.1, 0.15) is 30.0 Å². The van der Waals surface area contributed by atoms with Crippen molar-refractivity contribution >= 4 is 46.7 Å². The van der Waals surface area contributed by atoms with Gasteiger partial charge in [-0.3, -0.25) is 0 Å². The number of piperidine rings is 1. The predicted molar refractivity (Wildman–Crippen MR) is 129 cm³/mol. The Morgan fingerprint density at radius 2 is 1.97 bits per heavy atom. The lowest BCUT2D eigenvalue weighted by atomic mass is 9.73. The van der Waals surface area contributed by atoms with Crippen LogP contribution in [0.4, 0.5) is 5.82 Å². The summed E-state index contributed by atoms with van der Waals surface area (Å²) in [4.78, 5) is 11.1. The second-order valence-electron chi connectivity index (χ2n) is 7.98. The Morgan fingerprint density at radius 1 is 1.23 bits per heavy atom. The molecule has 2 heterocycles. The highest BCUT2D eigenvalue weighted by Crippen LogP contribution is 2.51. The summed E-state index contributed by atoms with van der Waals surface area (Å²) in [7, 11) is 0. The number of aromatic nitrogens is 1. The molecule has 10 heteroatoms. The van der Waals surface area contributed by atoms with E-state index in [0.29, 0.717) is 20.9 Å². The average molecular weight is 478 g/mol. The first-order valence-electron chi connectivity index (χ1n) is 9.95. The van der Waals surface area contributed by atoms with Crippen LogP contribution in [0.5, 0.6) is 0 Å². The fraction of sp³-hybridized carbons (Fsp3) is 0.333. The zero-order valence-corrected chi connectivity index (χ0v) is 19.2. The molecule has 7 nitrogen and oxygen atoms in total. The molecule has 4 rings (SSSR count). The highest BCUT2D eigenvalue weighted by Gasteiger charge is 2.46. The van der Waals surface area contributed by atoms with Crippen molar-refractivity contribution in [3.63, 3.8) is 0 Å². The van der Waals surface area contributed by atoms with E-state index in [4.69, 9.17) is 46.1 Å². The van der Waals surface area contributed by atoms with E-state index in [2.05, 4.69) is 20.9 Å². The fourth-order valence-electron chi connectivity index (χ4n) is 4.40. The third kappa shape index (κ3) is 4.43. The van der Waals surface area contributed by atoms with Gasteiger partial charge in [0.05, 0.1) is 16.3 Å². The first-order valence-corrected chi connectivity index (χ1v) is 11.5. The maximum Gasteiger partial charge on any atom is 0.195 e. The van der Waals surface area contributed by atoms with Gasteiger partial charge in [0.2, 0.25) is 0 Å². The molecule has 2 aliphatic rings. The molecule has 1 atom stereocenters. The Morgan fingerprint density at radius 3 is 2.71 bits per heavy atom. The van der Waals surface area contributed by atoms with Crippen LogP contribution < -0.4 is 22.9 Å². The van der Waals surface area contributed by atoms with Crippen molar-refractivity contribution in [2.24, 2.45) is 27.6 Å². The maximum absolute atomic E-state index is 6.65. The van der Waals surface area contributed by atoms with Crippen molar-refractivity contribution in [3.05, 3.63) is 62.9 Å². The number of anilines is 1. The Hall–Kier alpha value is -2.13. The van der Waals surface area contributed by atoms with Crippen LogP contribution in [0.2, 0.25) is 10.0 Å². The molecule has 1 saturated heterocycles. The molecule has 8 N–H and O–H groups in total. The highest BCUT2D eigenvalue weighted by molar-refractivity contribution is 8.03. The molecule has 1 spiro atoms. The summed E-state index contributed by atoms with van der Waals surface area (Å²) in [6.07, 6.45) is 5.95. The SMILES string of the molecule is NC(=N/C=C(\N)Sc1ccnc(N)c1Cl)N1CCC2(CC1)Cc1cc(Cl)ccc1C2N. The number of likely N-dealkylation sites (tertiary alicyclic amines) is 1. The van der Waals surface area contributed by atoms with E-state index in [9.17, 15) is 0 Å². The summed E-state index contributed by atoms with van der Waals surface area (Å²) in [5, 5.41) is 1.58. The molecule has 1 aliphatic heterocycles. The van der Waals surface area contributed by atoms with Gasteiger partial charge in [-0.1, -0.05) is 41.0 Å². The van der Waals surface area contributed by atoms with E-state index in [-0.39, 0.29) is 17.3 Å². The van der Waals surface area contributed by atoms with Crippen LogP contribution in [0.15, 0.2) is 51.6 Å².